The van der Waals surface area contributed by atoms with Crippen molar-refractivity contribution in [2.75, 3.05) is 11.6 Å². The van der Waals surface area contributed by atoms with Gasteiger partial charge in [0.1, 0.15) is 5.54 Å². The lowest BCUT2D eigenvalue weighted by molar-refractivity contribution is -0.122. The number of hydrogen-bond donors (Lipinski definition) is 1. The smallest absolute Gasteiger partial charge is 0.248 e. The number of rotatable bonds is 2. The van der Waals surface area contributed by atoms with Crippen LogP contribution in [0.5, 0.6) is 0 Å². The molecular weight excluding hydrogens is 236 g/mol. The van der Waals surface area contributed by atoms with Crippen molar-refractivity contribution in [2.45, 2.75) is 33.2 Å². The Morgan fingerprint density at radius 2 is 1.89 bits per heavy atom. The number of amides is 1. The van der Waals surface area contributed by atoms with E-state index in [4.69, 9.17) is 0 Å². The number of hydrogen-bond acceptors (Lipinski definition) is 2. The topological polar surface area (TPSA) is 32.3 Å². The van der Waals surface area contributed by atoms with E-state index in [0.717, 1.165) is 5.69 Å². The normalized spacial score (nSPS) is 31.9. The maximum atomic E-state index is 12.5. The Bertz CT molecular complexity index is 509. The van der Waals surface area contributed by atoms with Crippen molar-refractivity contribution in [1.82, 2.24) is 5.32 Å². The van der Waals surface area contributed by atoms with Crippen molar-refractivity contribution in [3.8, 4) is 0 Å². The van der Waals surface area contributed by atoms with E-state index in [9.17, 15) is 4.79 Å². The summed E-state index contributed by atoms with van der Waals surface area (Å²) in [5, 5.41) is 3.05. The molecule has 19 heavy (non-hydrogen) atoms. The third-order valence-electron chi connectivity index (χ3n) is 5.03. The first-order chi connectivity index (χ1) is 8.94. The molecule has 102 valence electrons. The first kappa shape index (κ1) is 12.5. The van der Waals surface area contributed by atoms with Gasteiger partial charge in [-0.05, 0) is 18.1 Å². The Kier molecular flexibility index (Phi) is 2.47. The van der Waals surface area contributed by atoms with Crippen molar-refractivity contribution >= 4 is 11.6 Å². The molecule has 2 fully saturated rings. The number of anilines is 1. The number of carbonyl (C=O) groups excluding carboxylic acids is 1. The van der Waals surface area contributed by atoms with Crippen LogP contribution in [-0.2, 0) is 4.79 Å². The van der Waals surface area contributed by atoms with E-state index in [1.165, 1.54) is 0 Å². The lowest BCUT2D eigenvalue weighted by Gasteiger charge is -2.27. The van der Waals surface area contributed by atoms with Crippen LogP contribution in [0.3, 0.4) is 0 Å². The van der Waals surface area contributed by atoms with Crippen LogP contribution < -0.4 is 10.2 Å². The van der Waals surface area contributed by atoms with E-state index in [0.29, 0.717) is 18.5 Å². The highest BCUT2D eigenvalue weighted by atomic mass is 16.2. The molecule has 1 spiro atoms. The first-order valence-corrected chi connectivity index (χ1v) is 7.05. The highest BCUT2D eigenvalue weighted by molar-refractivity contribution is 5.99. The zero-order valence-corrected chi connectivity index (χ0v) is 12.1. The average Bonchev–Trinajstić information content (AvgIpc) is 2.69. The molecule has 1 amide bonds. The molecule has 1 saturated carbocycles. The van der Waals surface area contributed by atoms with Crippen molar-refractivity contribution in [3.05, 3.63) is 30.3 Å². The fourth-order valence-corrected chi connectivity index (χ4v) is 4.48. The maximum Gasteiger partial charge on any atom is 0.248 e. The predicted octanol–water partition coefficient (Wildman–Crippen LogP) is 2.63. The van der Waals surface area contributed by atoms with Crippen LogP contribution in [-0.4, -0.2) is 18.1 Å². The molecule has 2 aliphatic rings. The molecule has 1 heterocycles. The molecule has 2 atom stereocenters. The van der Waals surface area contributed by atoms with Gasteiger partial charge >= 0.3 is 0 Å². The lowest BCUT2D eigenvalue weighted by atomic mass is 10.0. The number of benzene rings is 1. The number of nitrogens with one attached hydrogen (secondary N) is 1. The van der Waals surface area contributed by atoms with Gasteiger partial charge in [-0.25, -0.2) is 0 Å². The van der Waals surface area contributed by atoms with Crippen LogP contribution in [0.1, 0.15) is 27.7 Å². The van der Waals surface area contributed by atoms with Crippen LogP contribution in [0.4, 0.5) is 5.69 Å². The standard InChI is InChI=1S/C16H22N2O/c1-11(2)13-15(3,4)16(13)14(19)17-10-18(16)12-8-6-5-7-9-12/h5-9,11,13H,10H2,1-4H3,(H,17,19). The van der Waals surface area contributed by atoms with Crippen molar-refractivity contribution in [1.29, 1.82) is 0 Å². The number of para-hydroxylation sites is 1. The van der Waals surface area contributed by atoms with Crippen LogP contribution in [0.25, 0.3) is 0 Å². The van der Waals surface area contributed by atoms with Crippen LogP contribution in [0.2, 0.25) is 0 Å². The fourth-order valence-electron chi connectivity index (χ4n) is 4.48. The molecule has 3 heteroatoms. The Hall–Kier alpha value is -1.51. The Balaban J connectivity index is 2.06. The van der Waals surface area contributed by atoms with Crippen molar-refractivity contribution < 1.29 is 4.79 Å². The van der Waals surface area contributed by atoms with Gasteiger partial charge in [0.2, 0.25) is 5.91 Å². The van der Waals surface area contributed by atoms with E-state index >= 15 is 0 Å². The van der Waals surface area contributed by atoms with Crippen LogP contribution in [0.15, 0.2) is 30.3 Å². The highest BCUT2D eigenvalue weighted by Gasteiger charge is 2.80. The third-order valence-corrected chi connectivity index (χ3v) is 5.03. The molecule has 3 nitrogen and oxygen atoms in total. The molecular formula is C16H22N2O. The molecule has 0 radical (unpaired) electrons. The van der Waals surface area contributed by atoms with E-state index in [1.54, 1.807) is 0 Å². The van der Waals surface area contributed by atoms with E-state index < -0.39 is 0 Å². The van der Waals surface area contributed by atoms with Gasteiger partial charge in [0.25, 0.3) is 0 Å². The summed E-state index contributed by atoms with van der Waals surface area (Å²) in [4.78, 5) is 14.8. The molecule has 1 aromatic carbocycles. The monoisotopic (exact) mass is 258 g/mol. The second-order valence-corrected chi connectivity index (χ2v) is 6.64. The summed E-state index contributed by atoms with van der Waals surface area (Å²) in [7, 11) is 0. The minimum absolute atomic E-state index is 0.0254. The van der Waals surface area contributed by atoms with Gasteiger partial charge in [-0.3, -0.25) is 4.79 Å². The zero-order chi connectivity index (χ0) is 13.8. The van der Waals surface area contributed by atoms with Crippen molar-refractivity contribution in [3.63, 3.8) is 0 Å². The molecule has 1 N–H and O–H groups in total. The zero-order valence-electron chi connectivity index (χ0n) is 12.1. The SMILES string of the molecule is CC(C)C1C(C)(C)C12C(=O)NCN2c1ccccc1. The molecule has 1 aliphatic heterocycles. The summed E-state index contributed by atoms with van der Waals surface area (Å²) in [6, 6.07) is 10.3. The summed E-state index contributed by atoms with van der Waals surface area (Å²) in [5.74, 6) is 1.10. The third kappa shape index (κ3) is 1.36. The minimum atomic E-state index is -0.359. The minimum Gasteiger partial charge on any atom is -0.338 e. The predicted molar refractivity (Wildman–Crippen MR) is 76.8 cm³/mol. The van der Waals surface area contributed by atoms with Gasteiger partial charge in [-0.15, -0.1) is 0 Å². The summed E-state index contributed by atoms with van der Waals surface area (Å²) in [6.07, 6.45) is 0. The molecule has 1 saturated heterocycles. The summed E-state index contributed by atoms with van der Waals surface area (Å²) in [5.41, 5.74) is 0.803. The second kappa shape index (κ2) is 3.75. The summed E-state index contributed by atoms with van der Waals surface area (Å²) >= 11 is 0. The molecule has 0 bridgehead atoms. The molecule has 2 unspecified atom stereocenters. The highest BCUT2D eigenvalue weighted by Crippen LogP contribution is 2.69. The van der Waals surface area contributed by atoms with E-state index in [-0.39, 0.29) is 16.9 Å². The summed E-state index contributed by atoms with van der Waals surface area (Å²) < 4.78 is 0. The van der Waals surface area contributed by atoms with E-state index in [2.05, 4.69) is 50.0 Å². The van der Waals surface area contributed by atoms with Gasteiger partial charge in [0.05, 0.1) is 6.67 Å². The van der Waals surface area contributed by atoms with Crippen LogP contribution in [0, 0.1) is 17.3 Å². The van der Waals surface area contributed by atoms with Gasteiger partial charge in [0.15, 0.2) is 0 Å². The summed E-state index contributed by atoms with van der Waals surface area (Å²) in [6.45, 7) is 9.50. The largest absolute Gasteiger partial charge is 0.338 e. The molecule has 3 rings (SSSR count). The molecule has 1 aromatic rings. The van der Waals surface area contributed by atoms with Gasteiger partial charge in [-0.1, -0.05) is 45.9 Å². The second-order valence-electron chi connectivity index (χ2n) is 6.64. The Morgan fingerprint density at radius 1 is 1.26 bits per heavy atom. The molecule has 0 aromatic heterocycles. The molecule has 1 aliphatic carbocycles. The van der Waals surface area contributed by atoms with Crippen LogP contribution >= 0.6 is 0 Å². The Labute approximate surface area is 115 Å². The van der Waals surface area contributed by atoms with Gasteiger partial charge < -0.3 is 10.2 Å². The average molecular weight is 258 g/mol. The first-order valence-electron chi connectivity index (χ1n) is 7.05. The van der Waals surface area contributed by atoms with Crippen molar-refractivity contribution in [2.24, 2.45) is 17.3 Å². The maximum absolute atomic E-state index is 12.5. The van der Waals surface area contributed by atoms with Gasteiger partial charge in [-0.2, -0.15) is 0 Å². The Morgan fingerprint density at radius 3 is 2.42 bits per heavy atom. The number of nitrogens with zero attached hydrogens (tertiary/aromatic N) is 1. The number of carbonyl (C=O) groups is 1. The van der Waals surface area contributed by atoms with E-state index in [1.807, 2.05) is 18.2 Å². The fraction of sp³-hybridized carbons (Fsp3) is 0.562. The quantitative estimate of drug-likeness (QED) is 0.884. The lowest BCUT2D eigenvalue weighted by Crippen LogP contribution is -2.41. The van der Waals surface area contributed by atoms with Gasteiger partial charge in [0, 0.05) is 17.0 Å².